The summed E-state index contributed by atoms with van der Waals surface area (Å²) < 4.78 is 65.9. The number of nitrogens with one attached hydrogen (secondary N) is 1. The van der Waals surface area contributed by atoms with Crippen molar-refractivity contribution in [1.29, 1.82) is 0 Å². The van der Waals surface area contributed by atoms with Crippen molar-refractivity contribution in [3.63, 3.8) is 0 Å². The molecular formula is C32H28F4N2O5. The zero-order valence-electron chi connectivity index (χ0n) is 23.0. The molecule has 43 heavy (non-hydrogen) atoms. The van der Waals surface area contributed by atoms with E-state index in [2.05, 4.69) is 4.98 Å². The Labute approximate surface area is 244 Å². The first kappa shape index (κ1) is 31.0. The lowest BCUT2D eigenvalue weighted by Crippen LogP contribution is -2.42. The monoisotopic (exact) mass is 596 g/mol. The van der Waals surface area contributed by atoms with E-state index < -0.39 is 29.7 Å². The molecule has 0 saturated heterocycles. The summed E-state index contributed by atoms with van der Waals surface area (Å²) in [6.07, 6.45) is -3.87. The number of ketones is 1. The van der Waals surface area contributed by atoms with Gasteiger partial charge in [-0.1, -0.05) is 49.4 Å². The summed E-state index contributed by atoms with van der Waals surface area (Å²) in [5, 5.41) is 11.6. The van der Waals surface area contributed by atoms with Crippen molar-refractivity contribution < 1.29 is 41.4 Å². The van der Waals surface area contributed by atoms with Gasteiger partial charge in [-0.15, -0.1) is 0 Å². The lowest BCUT2D eigenvalue weighted by molar-refractivity contribution is -0.140. The van der Waals surface area contributed by atoms with Gasteiger partial charge in [0, 0.05) is 36.5 Å². The Bertz CT molecular complexity index is 1560. The molecule has 0 unspecified atom stereocenters. The fraction of sp³-hybridized carbons (Fsp3) is 0.219. The van der Waals surface area contributed by atoms with Gasteiger partial charge in [0.15, 0.2) is 5.78 Å². The number of aliphatic carboxylic acids is 1. The van der Waals surface area contributed by atoms with Crippen molar-refractivity contribution in [2.45, 2.75) is 38.4 Å². The van der Waals surface area contributed by atoms with Crippen LogP contribution < -0.4 is 10.1 Å². The molecule has 0 aliphatic carbocycles. The van der Waals surface area contributed by atoms with Crippen LogP contribution in [0.15, 0.2) is 95.1 Å². The third kappa shape index (κ3) is 8.54. The Morgan fingerprint density at radius 2 is 1.70 bits per heavy atom. The van der Waals surface area contributed by atoms with Gasteiger partial charge >= 0.3 is 12.1 Å². The normalized spacial score (nSPS) is 12.5. The van der Waals surface area contributed by atoms with E-state index in [1.807, 2.05) is 12.2 Å². The largest absolute Gasteiger partial charge is 0.493 e. The number of carbonyl (C=O) groups excluding carboxylic acids is 1. The van der Waals surface area contributed by atoms with Gasteiger partial charge in [-0.05, 0) is 42.0 Å². The first-order valence-corrected chi connectivity index (χ1v) is 13.4. The van der Waals surface area contributed by atoms with Crippen LogP contribution >= 0.6 is 0 Å². The Morgan fingerprint density at radius 1 is 1.02 bits per heavy atom. The summed E-state index contributed by atoms with van der Waals surface area (Å²) in [5.74, 6) is -1.25. The highest BCUT2D eigenvalue weighted by Gasteiger charge is 2.37. The third-order valence-corrected chi connectivity index (χ3v) is 6.43. The summed E-state index contributed by atoms with van der Waals surface area (Å²) in [5.41, 5.74) is 0.380. The second kappa shape index (κ2) is 13.8. The molecule has 0 aliphatic heterocycles. The zero-order valence-corrected chi connectivity index (χ0v) is 23.0. The first-order valence-electron chi connectivity index (χ1n) is 13.4. The number of carboxylic acids is 1. The standard InChI is InChI=1S/C32H28F4N2O5/c1-2-28-25(38-30(43-28)22-10-12-23(33)13-11-22)16-17-42-24-14-8-20(9-15-24)18-26(31(40)41)37-29(32(34,35)36)19-27(39)21-6-4-3-5-7-21/h3-15,19,26,37H,2,16-18H2,1H3,(H,40,41)/b29-19+/t26-/m0/s1. The number of ether oxygens (including phenoxy) is 1. The second-order valence-corrected chi connectivity index (χ2v) is 9.52. The molecule has 0 spiro atoms. The number of rotatable bonds is 13. The lowest BCUT2D eigenvalue weighted by atomic mass is 10.0. The zero-order chi connectivity index (χ0) is 31.0. The molecule has 1 aromatic heterocycles. The smallest absolute Gasteiger partial charge is 0.431 e. The molecule has 4 aromatic rings. The minimum absolute atomic E-state index is 0.0382. The molecule has 1 atom stereocenters. The van der Waals surface area contributed by atoms with Gasteiger partial charge in [0.2, 0.25) is 5.89 Å². The highest BCUT2D eigenvalue weighted by molar-refractivity contribution is 6.05. The predicted octanol–water partition coefficient (Wildman–Crippen LogP) is 6.58. The minimum Gasteiger partial charge on any atom is -0.493 e. The number of hydrogen-bond donors (Lipinski definition) is 2. The first-order chi connectivity index (χ1) is 20.5. The van der Waals surface area contributed by atoms with Crippen LogP contribution in [0.25, 0.3) is 11.5 Å². The van der Waals surface area contributed by atoms with Gasteiger partial charge in [0.05, 0.1) is 12.3 Å². The number of aromatic nitrogens is 1. The molecule has 0 amide bonds. The molecule has 1 heterocycles. The number of nitrogens with zero attached hydrogens (tertiary/aromatic N) is 1. The Hall–Kier alpha value is -4.93. The third-order valence-electron chi connectivity index (χ3n) is 6.43. The van der Waals surface area contributed by atoms with Gasteiger partial charge < -0.3 is 19.6 Å². The summed E-state index contributed by atoms with van der Waals surface area (Å²) >= 11 is 0. The van der Waals surface area contributed by atoms with E-state index in [9.17, 15) is 32.3 Å². The maximum Gasteiger partial charge on any atom is 0.431 e. The van der Waals surface area contributed by atoms with Gasteiger partial charge in [-0.2, -0.15) is 13.2 Å². The molecule has 0 saturated carbocycles. The average Bonchev–Trinajstić information content (AvgIpc) is 3.40. The van der Waals surface area contributed by atoms with E-state index in [-0.39, 0.29) is 24.4 Å². The van der Waals surface area contributed by atoms with E-state index in [1.165, 1.54) is 36.4 Å². The topological polar surface area (TPSA) is 102 Å². The molecular weight excluding hydrogens is 568 g/mol. The summed E-state index contributed by atoms with van der Waals surface area (Å²) in [4.78, 5) is 28.7. The Morgan fingerprint density at radius 3 is 2.30 bits per heavy atom. The van der Waals surface area contributed by atoms with Gasteiger partial charge in [-0.3, -0.25) is 4.79 Å². The molecule has 4 rings (SSSR count). The quantitative estimate of drug-likeness (QED) is 0.102. The minimum atomic E-state index is -4.98. The highest BCUT2D eigenvalue weighted by Crippen LogP contribution is 2.26. The lowest BCUT2D eigenvalue weighted by Gasteiger charge is -2.20. The summed E-state index contributed by atoms with van der Waals surface area (Å²) in [6, 6.07) is 17.8. The SMILES string of the molecule is CCc1oc(-c2ccc(F)cc2)nc1CCOc1ccc(C[C@H](N/C(=C/C(=O)c2ccccc2)C(F)(F)F)C(=O)O)cc1. The van der Waals surface area contributed by atoms with Gasteiger partial charge in [0.1, 0.15) is 29.1 Å². The summed E-state index contributed by atoms with van der Waals surface area (Å²) in [6.45, 7) is 2.17. The fourth-order valence-electron chi connectivity index (χ4n) is 4.20. The van der Waals surface area contributed by atoms with Crippen LogP contribution in [0.2, 0.25) is 0 Å². The molecule has 0 fully saturated rings. The molecule has 0 radical (unpaired) electrons. The maximum absolute atomic E-state index is 13.7. The number of carboxylic acid groups (broad SMARTS) is 1. The van der Waals surface area contributed by atoms with Gasteiger partial charge in [0.25, 0.3) is 0 Å². The van der Waals surface area contributed by atoms with Crippen LogP contribution in [0.3, 0.4) is 0 Å². The predicted molar refractivity (Wildman–Crippen MR) is 150 cm³/mol. The molecule has 0 bridgehead atoms. The van der Waals surface area contributed by atoms with Crippen LogP contribution in [0.4, 0.5) is 17.6 Å². The van der Waals surface area contributed by atoms with Crippen molar-refractivity contribution >= 4 is 11.8 Å². The van der Waals surface area contributed by atoms with Gasteiger partial charge in [-0.25, -0.2) is 14.2 Å². The van der Waals surface area contributed by atoms with Crippen molar-refractivity contribution in [1.82, 2.24) is 10.3 Å². The molecule has 3 aromatic carbocycles. The number of allylic oxidation sites excluding steroid dienone is 2. The fourth-order valence-corrected chi connectivity index (χ4v) is 4.20. The van der Waals surface area contributed by atoms with E-state index in [4.69, 9.17) is 9.15 Å². The molecule has 2 N–H and O–H groups in total. The van der Waals surface area contributed by atoms with Crippen molar-refractivity contribution in [3.8, 4) is 17.2 Å². The maximum atomic E-state index is 13.7. The van der Waals surface area contributed by atoms with E-state index in [0.717, 1.165) is 0 Å². The van der Waals surface area contributed by atoms with Crippen molar-refractivity contribution in [3.05, 3.63) is 119 Å². The van der Waals surface area contributed by atoms with Crippen LogP contribution in [0, 0.1) is 5.82 Å². The number of carbonyl (C=O) groups is 2. The highest BCUT2D eigenvalue weighted by atomic mass is 19.4. The number of hydrogen-bond acceptors (Lipinski definition) is 6. The Balaban J connectivity index is 1.37. The van der Waals surface area contributed by atoms with E-state index in [1.54, 1.807) is 42.5 Å². The van der Waals surface area contributed by atoms with Crippen LogP contribution in [0.1, 0.15) is 34.3 Å². The molecule has 224 valence electrons. The van der Waals surface area contributed by atoms with Crippen LogP contribution in [0.5, 0.6) is 5.75 Å². The molecule has 11 heteroatoms. The number of oxazole rings is 1. The van der Waals surface area contributed by atoms with E-state index >= 15 is 0 Å². The number of halogens is 4. The van der Waals surface area contributed by atoms with Crippen molar-refractivity contribution in [2.24, 2.45) is 0 Å². The number of benzene rings is 3. The Kier molecular flexibility index (Phi) is 9.97. The molecule has 7 nitrogen and oxygen atoms in total. The number of aryl methyl sites for hydroxylation is 1. The average molecular weight is 597 g/mol. The van der Waals surface area contributed by atoms with Crippen molar-refractivity contribution in [2.75, 3.05) is 6.61 Å². The number of alkyl halides is 3. The second-order valence-electron chi connectivity index (χ2n) is 9.52. The summed E-state index contributed by atoms with van der Waals surface area (Å²) in [7, 11) is 0. The van der Waals surface area contributed by atoms with Crippen LogP contribution in [-0.2, 0) is 24.1 Å². The molecule has 0 aliphatic rings. The van der Waals surface area contributed by atoms with E-state index in [0.29, 0.717) is 53.1 Å². The van der Waals surface area contributed by atoms with Crippen LogP contribution in [-0.4, -0.2) is 40.7 Å².